The van der Waals surface area contributed by atoms with Crippen LogP contribution in [0.5, 0.6) is 0 Å². The maximum atomic E-state index is 13.1. The van der Waals surface area contributed by atoms with Crippen LogP contribution in [0.15, 0.2) is 72.6 Å². The molecule has 6 rings (SSSR count). The summed E-state index contributed by atoms with van der Waals surface area (Å²) in [5.74, 6) is 0.0554. The Morgan fingerprint density at radius 2 is 1.95 bits per heavy atom. The van der Waals surface area contributed by atoms with E-state index in [2.05, 4.69) is 59.8 Å². The highest BCUT2D eigenvalue weighted by molar-refractivity contribution is 6.11. The first-order valence-electron chi connectivity index (χ1n) is 12.9. The van der Waals surface area contributed by atoms with Crippen molar-refractivity contribution in [2.24, 2.45) is 0 Å². The second-order valence-corrected chi connectivity index (χ2v) is 9.72. The lowest BCUT2D eigenvalue weighted by atomic mass is 9.96. The van der Waals surface area contributed by atoms with E-state index in [1.165, 1.54) is 23.1 Å². The average Bonchev–Trinajstić information content (AvgIpc) is 3.51. The molecule has 4 N–H and O–H groups in total. The molecule has 0 unspecified atom stereocenters. The fourth-order valence-corrected chi connectivity index (χ4v) is 5.10. The van der Waals surface area contributed by atoms with Gasteiger partial charge in [-0.15, -0.1) is 0 Å². The molecule has 1 aliphatic heterocycles. The van der Waals surface area contributed by atoms with Crippen molar-refractivity contribution in [2.75, 3.05) is 23.7 Å². The van der Waals surface area contributed by atoms with Gasteiger partial charge in [-0.3, -0.25) is 25.1 Å². The molecule has 2 aliphatic rings. The van der Waals surface area contributed by atoms with Crippen molar-refractivity contribution in [3.05, 3.63) is 94.8 Å². The maximum Gasteiger partial charge on any atom is 0.260 e. The van der Waals surface area contributed by atoms with Crippen molar-refractivity contribution in [3.63, 3.8) is 0 Å². The van der Waals surface area contributed by atoms with Gasteiger partial charge in [0, 0.05) is 37.6 Å². The normalized spacial score (nSPS) is 15.5. The summed E-state index contributed by atoms with van der Waals surface area (Å²) in [6, 6.07) is 11.2. The molecule has 0 saturated heterocycles. The molecule has 4 aromatic rings. The van der Waals surface area contributed by atoms with E-state index in [1.54, 1.807) is 24.5 Å². The number of allylic oxidation sites excluding steroid dienone is 3. The number of H-pyrrole nitrogens is 2. The van der Waals surface area contributed by atoms with Crippen molar-refractivity contribution in [1.82, 2.24) is 24.8 Å². The Hall–Kier alpha value is -4.50. The number of rotatable bonds is 6. The Morgan fingerprint density at radius 1 is 1.03 bits per heavy atom. The number of amides is 2. The van der Waals surface area contributed by atoms with E-state index in [-0.39, 0.29) is 17.8 Å². The van der Waals surface area contributed by atoms with Gasteiger partial charge in [0.2, 0.25) is 11.9 Å². The Labute approximate surface area is 220 Å². The highest BCUT2D eigenvalue weighted by atomic mass is 16.2. The Kier molecular flexibility index (Phi) is 6.58. The molecule has 1 aliphatic carbocycles. The van der Waals surface area contributed by atoms with E-state index in [4.69, 9.17) is 0 Å². The van der Waals surface area contributed by atoms with Gasteiger partial charge >= 0.3 is 0 Å². The van der Waals surface area contributed by atoms with Crippen molar-refractivity contribution < 1.29 is 9.59 Å². The number of para-hydroxylation sites is 1. The van der Waals surface area contributed by atoms with Crippen LogP contribution in [0.25, 0.3) is 11.0 Å². The van der Waals surface area contributed by atoms with Gasteiger partial charge in [-0.05, 0) is 61.1 Å². The number of nitrogens with one attached hydrogen (secondary N) is 4. The number of benzene rings is 2. The third-order valence-corrected chi connectivity index (χ3v) is 7.04. The van der Waals surface area contributed by atoms with Crippen molar-refractivity contribution in [2.45, 2.75) is 32.2 Å². The molecule has 0 spiro atoms. The molecule has 192 valence electrons. The summed E-state index contributed by atoms with van der Waals surface area (Å²) in [6.07, 6.45) is 14.3. The number of fused-ring (bicyclic) bond motifs is 2. The minimum absolute atomic E-state index is 0.244. The van der Waals surface area contributed by atoms with E-state index in [9.17, 15) is 9.59 Å². The number of carbonyl (C=O) groups is 2. The van der Waals surface area contributed by atoms with Gasteiger partial charge in [0.1, 0.15) is 5.52 Å². The fraction of sp³-hybridized carbons (Fsp3) is 0.241. The number of aromatic amines is 2. The van der Waals surface area contributed by atoms with Crippen molar-refractivity contribution in [1.29, 1.82) is 0 Å². The predicted octanol–water partition coefficient (Wildman–Crippen LogP) is 4.82. The molecular formula is C29H29N7O2. The summed E-state index contributed by atoms with van der Waals surface area (Å²) in [5, 5.41) is 5.56. The molecule has 0 radical (unpaired) electrons. The molecule has 0 atom stereocenters. The quantitative estimate of drug-likeness (QED) is 0.299. The molecular weight excluding hydrogens is 478 g/mol. The highest BCUT2D eigenvalue weighted by Gasteiger charge is 2.20. The smallest absolute Gasteiger partial charge is 0.260 e. The molecule has 0 saturated carbocycles. The fourth-order valence-electron chi connectivity index (χ4n) is 5.10. The first kappa shape index (κ1) is 23.9. The molecule has 2 aromatic carbocycles. The SMILES string of the molecule is O=C(Nc1nc2c(C(=O)Nc3ncc[nH]3)cccc2[nH]1)c1ccc2c(c1)CCN(CC1=CC=CCCC1)C2. The maximum absolute atomic E-state index is 13.1. The molecule has 9 nitrogen and oxygen atoms in total. The van der Waals surface area contributed by atoms with Crippen LogP contribution in [0.1, 0.15) is 51.1 Å². The number of hydrogen-bond donors (Lipinski definition) is 4. The second-order valence-electron chi connectivity index (χ2n) is 9.72. The van der Waals surface area contributed by atoms with E-state index < -0.39 is 0 Å². The number of aromatic nitrogens is 4. The monoisotopic (exact) mass is 507 g/mol. The number of nitrogens with zero attached hydrogens (tertiary/aromatic N) is 3. The lowest BCUT2D eigenvalue weighted by molar-refractivity contribution is 0.101. The highest BCUT2D eigenvalue weighted by Crippen LogP contribution is 2.24. The summed E-state index contributed by atoms with van der Waals surface area (Å²) in [7, 11) is 0. The van der Waals surface area contributed by atoms with Gasteiger partial charge in [0.25, 0.3) is 11.8 Å². The average molecular weight is 508 g/mol. The first-order valence-corrected chi connectivity index (χ1v) is 12.9. The van der Waals surface area contributed by atoms with Gasteiger partial charge in [-0.25, -0.2) is 9.97 Å². The molecule has 9 heteroatoms. The molecule has 3 heterocycles. The standard InChI is InChI=1S/C29H29N7O2/c37-26(21-10-11-22-18-36(15-12-20(22)16-21)17-19-6-3-1-2-4-7-19)34-29-32-24-9-5-8-23(25(24)33-29)27(38)35-28-30-13-14-31-28/h1,3,5-6,8-11,13-14,16H,2,4,7,12,15,17-18H2,(H2,30,31,35,38)(H2,32,33,34,37). The molecule has 2 amide bonds. The van der Waals surface area contributed by atoms with Gasteiger partial charge < -0.3 is 9.97 Å². The summed E-state index contributed by atoms with van der Waals surface area (Å²) in [6.45, 7) is 2.87. The van der Waals surface area contributed by atoms with E-state index in [0.717, 1.165) is 38.9 Å². The zero-order valence-electron chi connectivity index (χ0n) is 21.0. The first-order chi connectivity index (χ1) is 18.6. The van der Waals surface area contributed by atoms with Crippen LogP contribution in [0.3, 0.4) is 0 Å². The lowest BCUT2D eigenvalue weighted by Gasteiger charge is -2.29. The van der Waals surface area contributed by atoms with Crippen LogP contribution in [0, 0.1) is 0 Å². The van der Waals surface area contributed by atoms with E-state index in [0.29, 0.717) is 28.1 Å². The van der Waals surface area contributed by atoms with Gasteiger partial charge in [0.15, 0.2) is 0 Å². The Bertz CT molecular complexity index is 1550. The van der Waals surface area contributed by atoms with E-state index >= 15 is 0 Å². The molecule has 0 bridgehead atoms. The van der Waals surface area contributed by atoms with Crippen molar-refractivity contribution in [3.8, 4) is 0 Å². The molecule has 2 aromatic heterocycles. The minimum Gasteiger partial charge on any atom is -0.331 e. The van der Waals surface area contributed by atoms with Crippen LogP contribution >= 0.6 is 0 Å². The second kappa shape index (κ2) is 10.5. The third-order valence-electron chi connectivity index (χ3n) is 7.04. The van der Waals surface area contributed by atoms with Crippen LogP contribution in [0.4, 0.5) is 11.9 Å². The van der Waals surface area contributed by atoms with Gasteiger partial charge in [-0.1, -0.05) is 35.9 Å². The zero-order chi connectivity index (χ0) is 25.9. The largest absolute Gasteiger partial charge is 0.331 e. The summed E-state index contributed by atoms with van der Waals surface area (Å²) in [5.41, 5.74) is 6.06. The van der Waals surface area contributed by atoms with Gasteiger partial charge in [-0.2, -0.15) is 0 Å². The van der Waals surface area contributed by atoms with E-state index in [1.807, 2.05) is 18.2 Å². The summed E-state index contributed by atoms with van der Waals surface area (Å²) < 4.78 is 0. The van der Waals surface area contributed by atoms with Gasteiger partial charge in [0.05, 0.1) is 11.1 Å². The predicted molar refractivity (Wildman–Crippen MR) is 147 cm³/mol. The molecule has 38 heavy (non-hydrogen) atoms. The summed E-state index contributed by atoms with van der Waals surface area (Å²) >= 11 is 0. The number of carbonyl (C=O) groups excluding carboxylic acids is 2. The Balaban J connectivity index is 1.14. The van der Waals surface area contributed by atoms with Crippen LogP contribution in [-0.4, -0.2) is 49.7 Å². The number of imidazole rings is 2. The lowest BCUT2D eigenvalue weighted by Crippen LogP contribution is -2.32. The Morgan fingerprint density at radius 3 is 2.84 bits per heavy atom. The minimum atomic E-state index is -0.342. The number of anilines is 2. The van der Waals surface area contributed by atoms with Crippen LogP contribution in [-0.2, 0) is 13.0 Å². The third kappa shape index (κ3) is 5.14. The number of hydrogen-bond acceptors (Lipinski definition) is 5. The zero-order valence-corrected chi connectivity index (χ0v) is 21.0. The van der Waals surface area contributed by atoms with Crippen LogP contribution < -0.4 is 10.6 Å². The molecule has 0 fully saturated rings. The van der Waals surface area contributed by atoms with Crippen molar-refractivity contribution >= 4 is 34.7 Å². The van der Waals surface area contributed by atoms with Crippen LogP contribution in [0.2, 0.25) is 0 Å². The summed E-state index contributed by atoms with van der Waals surface area (Å²) in [4.78, 5) is 42.8. The topological polar surface area (TPSA) is 119 Å².